The van der Waals surface area contributed by atoms with E-state index in [1.54, 1.807) is 11.8 Å². The van der Waals surface area contributed by atoms with Gasteiger partial charge < -0.3 is 10.4 Å². The third-order valence-corrected chi connectivity index (χ3v) is 4.36. The van der Waals surface area contributed by atoms with Crippen LogP contribution in [0, 0.1) is 5.82 Å². The van der Waals surface area contributed by atoms with Gasteiger partial charge in [-0.25, -0.2) is 4.39 Å². The van der Waals surface area contributed by atoms with Gasteiger partial charge in [0.2, 0.25) is 0 Å². The minimum atomic E-state index is -0.191. The molecule has 0 aliphatic carbocycles. The molecule has 1 atom stereocenters. The average molecular weight is 267 g/mol. The molecule has 0 radical (unpaired) electrons. The Morgan fingerprint density at radius 1 is 1.44 bits per heavy atom. The maximum absolute atomic E-state index is 12.7. The Morgan fingerprint density at radius 3 is 2.78 bits per heavy atom. The quantitative estimate of drug-likeness (QED) is 0.879. The number of aryl methyl sites for hydroxylation is 1. The fourth-order valence-corrected chi connectivity index (χ4v) is 3.01. The fraction of sp³-hybridized carbons (Fsp3) is 0.429. The lowest BCUT2D eigenvalue weighted by Gasteiger charge is -2.20. The van der Waals surface area contributed by atoms with Gasteiger partial charge in [-0.2, -0.15) is 0 Å². The molecule has 18 heavy (non-hydrogen) atoms. The van der Waals surface area contributed by atoms with Gasteiger partial charge in [-0.15, -0.1) is 11.8 Å². The molecular weight excluding hydrogens is 249 g/mol. The van der Waals surface area contributed by atoms with E-state index >= 15 is 0 Å². The van der Waals surface area contributed by atoms with Gasteiger partial charge in [-0.05, 0) is 37.5 Å². The zero-order valence-corrected chi connectivity index (χ0v) is 11.3. The van der Waals surface area contributed by atoms with Gasteiger partial charge in [0.25, 0.3) is 0 Å². The first-order valence-corrected chi connectivity index (χ1v) is 7.06. The second-order valence-corrected chi connectivity index (χ2v) is 5.88. The number of nitrogens with one attached hydrogen (secondary N) is 1. The Bertz CT molecular complexity index is 432. The first-order chi connectivity index (χ1) is 8.61. The highest BCUT2D eigenvalue weighted by Gasteiger charge is 2.30. The van der Waals surface area contributed by atoms with Crippen LogP contribution in [0.2, 0.25) is 0 Å². The number of aliphatic hydroxyl groups excluding tert-OH is 1. The van der Waals surface area contributed by atoms with E-state index in [0.717, 1.165) is 29.2 Å². The molecule has 2 rings (SSSR count). The van der Waals surface area contributed by atoms with Gasteiger partial charge in [0.1, 0.15) is 5.82 Å². The number of hydrogen-bond acceptors (Lipinski definition) is 3. The molecule has 1 aliphatic heterocycles. The van der Waals surface area contributed by atoms with Crippen LogP contribution in [0.3, 0.4) is 0 Å². The molecule has 1 aromatic carbocycles. The van der Waals surface area contributed by atoms with Gasteiger partial charge in [-0.1, -0.05) is 18.2 Å². The van der Waals surface area contributed by atoms with E-state index in [9.17, 15) is 9.50 Å². The Hall–Kier alpha value is -1.00. The number of benzene rings is 1. The summed E-state index contributed by atoms with van der Waals surface area (Å²) in [6.45, 7) is 2.16. The molecule has 4 heteroatoms. The molecule has 2 nitrogen and oxygen atoms in total. The predicted octanol–water partition coefficient (Wildman–Crippen LogP) is 2.69. The lowest BCUT2D eigenvalue weighted by atomic mass is 10.1. The van der Waals surface area contributed by atoms with Crippen LogP contribution in [0.15, 0.2) is 35.4 Å². The molecule has 0 amide bonds. The molecule has 2 N–H and O–H groups in total. The van der Waals surface area contributed by atoms with Crippen LogP contribution in [-0.2, 0) is 6.42 Å². The SMILES string of the molecule is CC1(CO)CS/C(=C\CCc2ccc(F)cc2)N1. The monoisotopic (exact) mass is 267 g/mol. The largest absolute Gasteiger partial charge is 0.394 e. The van der Waals surface area contributed by atoms with Gasteiger partial charge >= 0.3 is 0 Å². The standard InChI is InChI=1S/C14H18FNOS/c1-14(9-17)10-18-13(16-14)4-2-3-11-5-7-12(15)8-6-11/h4-8,16-17H,2-3,9-10H2,1H3/b13-4-. The van der Waals surface area contributed by atoms with E-state index < -0.39 is 0 Å². The lowest BCUT2D eigenvalue weighted by Crippen LogP contribution is -2.41. The summed E-state index contributed by atoms with van der Waals surface area (Å²) in [5, 5.41) is 13.7. The Kier molecular flexibility index (Phi) is 4.30. The first kappa shape index (κ1) is 13.4. The molecule has 0 aromatic heterocycles. The van der Waals surface area contributed by atoms with Crippen molar-refractivity contribution < 1.29 is 9.50 Å². The highest BCUT2D eigenvalue weighted by atomic mass is 32.2. The molecule has 1 heterocycles. The van der Waals surface area contributed by atoms with Gasteiger partial charge in [0.05, 0.1) is 17.2 Å². The maximum Gasteiger partial charge on any atom is 0.123 e. The van der Waals surface area contributed by atoms with Gasteiger partial charge in [-0.3, -0.25) is 0 Å². The molecule has 1 unspecified atom stereocenters. The molecule has 0 spiro atoms. The minimum Gasteiger partial charge on any atom is -0.394 e. The molecular formula is C14H18FNOS. The van der Waals surface area contributed by atoms with E-state index in [-0.39, 0.29) is 18.0 Å². The third kappa shape index (κ3) is 3.50. The van der Waals surface area contributed by atoms with E-state index in [2.05, 4.69) is 11.4 Å². The Morgan fingerprint density at radius 2 is 2.17 bits per heavy atom. The Balaban J connectivity index is 1.84. The Labute approximate surface area is 111 Å². The number of allylic oxidation sites excluding steroid dienone is 1. The third-order valence-electron chi connectivity index (χ3n) is 3.00. The van der Waals surface area contributed by atoms with Gasteiger partial charge in [0.15, 0.2) is 0 Å². The van der Waals surface area contributed by atoms with Crippen molar-refractivity contribution in [1.82, 2.24) is 5.32 Å². The molecule has 0 bridgehead atoms. The van der Waals surface area contributed by atoms with Gasteiger partial charge in [0, 0.05) is 5.75 Å². The van der Waals surface area contributed by atoms with Crippen molar-refractivity contribution in [2.45, 2.75) is 25.3 Å². The number of rotatable bonds is 4. The zero-order valence-electron chi connectivity index (χ0n) is 10.4. The van der Waals surface area contributed by atoms with E-state index in [1.165, 1.54) is 12.1 Å². The molecule has 0 saturated carbocycles. The smallest absolute Gasteiger partial charge is 0.123 e. The molecule has 1 saturated heterocycles. The van der Waals surface area contributed by atoms with Crippen molar-refractivity contribution in [2.24, 2.45) is 0 Å². The topological polar surface area (TPSA) is 32.3 Å². The zero-order chi connectivity index (χ0) is 13.0. The highest BCUT2D eigenvalue weighted by Crippen LogP contribution is 2.29. The summed E-state index contributed by atoms with van der Waals surface area (Å²) < 4.78 is 12.7. The summed E-state index contributed by atoms with van der Waals surface area (Å²) in [4.78, 5) is 0. The predicted molar refractivity (Wildman–Crippen MR) is 73.9 cm³/mol. The maximum atomic E-state index is 12.7. The summed E-state index contributed by atoms with van der Waals surface area (Å²) >= 11 is 1.74. The van der Waals surface area contributed by atoms with E-state index in [0.29, 0.717) is 0 Å². The second kappa shape index (κ2) is 5.76. The van der Waals surface area contributed by atoms with E-state index in [4.69, 9.17) is 0 Å². The van der Waals surface area contributed by atoms with Crippen LogP contribution in [0.25, 0.3) is 0 Å². The molecule has 98 valence electrons. The van der Waals surface area contributed by atoms with Crippen LogP contribution in [0.1, 0.15) is 18.9 Å². The summed E-state index contributed by atoms with van der Waals surface area (Å²) in [6, 6.07) is 6.63. The molecule has 1 aromatic rings. The summed E-state index contributed by atoms with van der Waals surface area (Å²) in [5.41, 5.74) is 0.952. The first-order valence-electron chi connectivity index (χ1n) is 6.08. The summed E-state index contributed by atoms with van der Waals surface area (Å²) in [7, 11) is 0. The number of halogens is 1. The number of thioether (sulfide) groups is 1. The van der Waals surface area contributed by atoms with Crippen LogP contribution in [-0.4, -0.2) is 23.0 Å². The highest BCUT2D eigenvalue weighted by molar-refractivity contribution is 8.03. The molecule has 1 fully saturated rings. The van der Waals surface area contributed by atoms with E-state index in [1.807, 2.05) is 19.1 Å². The lowest BCUT2D eigenvalue weighted by molar-refractivity contribution is 0.208. The van der Waals surface area contributed by atoms with Crippen molar-refractivity contribution >= 4 is 11.8 Å². The van der Waals surface area contributed by atoms with Crippen LogP contribution < -0.4 is 5.32 Å². The summed E-state index contributed by atoms with van der Waals surface area (Å²) in [6.07, 6.45) is 3.97. The van der Waals surface area contributed by atoms with Crippen LogP contribution >= 0.6 is 11.8 Å². The number of hydrogen-bond donors (Lipinski definition) is 2. The molecule has 1 aliphatic rings. The van der Waals surface area contributed by atoms with Crippen molar-refractivity contribution in [3.05, 3.63) is 46.8 Å². The number of aliphatic hydroxyl groups is 1. The van der Waals surface area contributed by atoms with Crippen molar-refractivity contribution in [3.63, 3.8) is 0 Å². The van der Waals surface area contributed by atoms with Crippen molar-refractivity contribution in [3.8, 4) is 0 Å². The second-order valence-electron chi connectivity index (χ2n) is 4.87. The average Bonchev–Trinajstić information content (AvgIpc) is 2.75. The van der Waals surface area contributed by atoms with Crippen molar-refractivity contribution in [1.29, 1.82) is 0 Å². The van der Waals surface area contributed by atoms with Crippen molar-refractivity contribution in [2.75, 3.05) is 12.4 Å². The van der Waals surface area contributed by atoms with Crippen LogP contribution in [0.4, 0.5) is 4.39 Å². The summed E-state index contributed by atoms with van der Waals surface area (Å²) in [5.74, 6) is 0.704. The normalized spacial score (nSPS) is 25.4. The minimum absolute atomic E-state index is 0.148. The van der Waals surface area contributed by atoms with Crippen LogP contribution in [0.5, 0.6) is 0 Å². The fourth-order valence-electron chi connectivity index (χ4n) is 1.82.